The smallest absolute Gasteiger partial charge is 0.268 e. The Balaban J connectivity index is 1.76. The summed E-state index contributed by atoms with van der Waals surface area (Å²) in [6, 6.07) is 15.2. The maximum atomic E-state index is 12.7. The summed E-state index contributed by atoms with van der Waals surface area (Å²) < 4.78 is 2.07. The predicted molar refractivity (Wildman–Crippen MR) is 96.5 cm³/mol. The number of aryl methyl sites for hydroxylation is 2. The van der Waals surface area contributed by atoms with Crippen LogP contribution in [0.4, 0.5) is 0 Å². The van der Waals surface area contributed by atoms with Crippen LogP contribution in [0.1, 0.15) is 28.5 Å². The van der Waals surface area contributed by atoms with Gasteiger partial charge in [0.05, 0.1) is 0 Å². The average molecular weight is 322 g/mol. The van der Waals surface area contributed by atoms with Crippen molar-refractivity contribution in [2.24, 2.45) is 0 Å². The number of hydrogen-bond donors (Lipinski definition) is 2. The predicted octanol–water partition coefficient (Wildman–Crippen LogP) is 3.65. The number of aromatic nitrogens is 1. The summed E-state index contributed by atoms with van der Waals surface area (Å²) in [5.74, 6) is 0.218. The molecular formula is C20H22N2O2. The molecule has 1 aromatic heterocycles. The van der Waals surface area contributed by atoms with Crippen LogP contribution in [0.2, 0.25) is 0 Å². The van der Waals surface area contributed by atoms with Gasteiger partial charge in [-0.3, -0.25) is 4.79 Å². The summed E-state index contributed by atoms with van der Waals surface area (Å²) in [6.45, 7) is 5.38. The third-order valence-corrected chi connectivity index (χ3v) is 4.39. The van der Waals surface area contributed by atoms with Gasteiger partial charge in [-0.05, 0) is 49.6 Å². The van der Waals surface area contributed by atoms with Gasteiger partial charge in [-0.25, -0.2) is 0 Å². The summed E-state index contributed by atoms with van der Waals surface area (Å²) in [6.07, 6.45) is 0.734. The Morgan fingerprint density at radius 1 is 1.12 bits per heavy atom. The van der Waals surface area contributed by atoms with Gasteiger partial charge in [0.25, 0.3) is 5.91 Å². The molecule has 3 rings (SSSR count). The molecule has 4 heteroatoms. The monoisotopic (exact) mass is 322 g/mol. The number of nitrogens with zero attached hydrogens (tertiary/aromatic N) is 1. The van der Waals surface area contributed by atoms with E-state index < -0.39 is 0 Å². The number of para-hydroxylation sites is 1. The molecule has 0 aliphatic rings. The van der Waals surface area contributed by atoms with Crippen LogP contribution < -0.4 is 5.32 Å². The highest BCUT2D eigenvalue weighted by atomic mass is 16.3. The molecule has 0 unspecified atom stereocenters. The van der Waals surface area contributed by atoms with Crippen LogP contribution in [0.25, 0.3) is 10.9 Å². The van der Waals surface area contributed by atoms with Gasteiger partial charge in [0.2, 0.25) is 0 Å². The molecule has 0 aliphatic heterocycles. The number of fused-ring (bicyclic) bond motifs is 1. The lowest BCUT2D eigenvalue weighted by Gasteiger charge is -2.10. The number of carbonyl (C=O) groups is 1. The van der Waals surface area contributed by atoms with Gasteiger partial charge in [-0.15, -0.1) is 0 Å². The van der Waals surface area contributed by atoms with E-state index >= 15 is 0 Å². The van der Waals surface area contributed by atoms with Crippen molar-refractivity contribution in [3.05, 3.63) is 65.4 Å². The Hall–Kier alpha value is -2.75. The summed E-state index contributed by atoms with van der Waals surface area (Å²) in [7, 11) is 0. The van der Waals surface area contributed by atoms with E-state index in [4.69, 9.17) is 0 Å². The minimum Gasteiger partial charge on any atom is -0.508 e. The summed E-state index contributed by atoms with van der Waals surface area (Å²) >= 11 is 0. The highest BCUT2D eigenvalue weighted by Gasteiger charge is 2.18. The number of phenols is 1. The molecule has 2 aromatic carbocycles. The molecule has 0 aliphatic carbocycles. The first-order valence-electron chi connectivity index (χ1n) is 8.25. The van der Waals surface area contributed by atoms with Crippen LogP contribution in [0, 0.1) is 6.92 Å². The molecule has 0 fully saturated rings. The fourth-order valence-electron chi connectivity index (χ4n) is 3.16. The largest absolute Gasteiger partial charge is 0.508 e. The average Bonchev–Trinajstić information content (AvgIpc) is 2.89. The van der Waals surface area contributed by atoms with Crippen molar-refractivity contribution >= 4 is 16.8 Å². The van der Waals surface area contributed by atoms with E-state index in [0.717, 1.165) is 40.7 Å². The second kappa shape index (κ2) is 6.79. The number of benzene rings is 2. The molecule has 0 atom stereocenters. The number of aromatic hydroxyl groups is 1. The molecule has 0 spiro atoms. The van der Waals surface area contributed by atoms with E-state index in [1.54, 1.807) is 12.1 Å². The topological polar surface area (TPSA) is 54.3 Å². The van der Waals surface area contributed by atoms with Crippen molar-refractivity contribution in [3.8, 4) is 5.75 Å². The summed E-state index contributed by atoms with van der Waals surface area (Å²) in [4.78, 5) is 12.7. The molecule has 3 aromatic rings. The first kappa shape index (κ1) is 16.1. The van der Waals surface area contributed by atoms with Gasteiger partial charge in [-0.2, -0.15) is 0 Å². The van der Waals surface area contributed by atoms with Gasteiger partial charge in [0.15, 0.2) is 0 Å². The minimum absolute atomic E-state index is 0.0377. The van der Waals surface area contributed by atoms with E-state index in [9.17, 15) is 9.90 Å². The van der Waals surface area contributed by atoms with Crippen LogP contribution in [0.15, 0.2) is 48.5 Å². The van der Waals surface area contributed by atoms with Crippen molar-refractivity contribution in [2.45, 2.75) is 26.8 Å². The number of nitrogens with one attached hydrogen (secondary N) is 1. The SMILES string of the molecule is CCn1c(C(=O)NCCc2ccc(O)cc2)c(C)c2ccccc21. The van der Waals surface area contributed by atoms with E-state index in [1.807, 2.05) is 31.2 Å². The Kier molecular flexibility index (Phi) is 4.56. The second-order valence-electron chi connectivity index (χ2n) is 5.91. The normalized spacial score (nSPS) is 10.9. The highest BCUT2D eigenvalue weighted by Crippen LogP contribution is 2.25. The lowest BCUT2D eigenvalue weighted by Crippen LogP contribution is -2.28. The minimum atomic E-state index is -0.0377. The second-order valence-corrected chi connectivity index (χ2v) is 5.91. The Morgan fingerprint density at radius 2 is 1.83 bits per heavy atom. The van der Waals surface area contributed by atoms with Crippen LogP contribution in [-0.2, 0) is 13.0 Å². The number of hydrogen-bond acceptors (Lipinski definition) is 2. The van der Waals surface area contributed by atoms with E-state index in [2.05, 4.69) is 28.9 Å². The fourth-order valence-corrected chi connectivity index (χ4v) is 3.16. The quantitative estimate of drug-likeness (QED) is 0.753. The molecule has 0 radical (unpaired) electrons. The molecule has 2 N–H and O–H groups in total. The summed E-state index contributed by atoms with van der Waals surface area (Å²) in [5, 5.41) is 13.4. The standard InChI is InChI=1S/C20H22N2O2/c1-3-22-18-7-5-4-6-17(18)14(2)19(22)20(24)21-13-12-15-8-10-16(23)11-9-15/h4-11,23H,3,12-13H2,1-2H3,(H,21,24). The number of amides is 1. The van der Waals surface area contributed by atoms with Gasteiger partial charge >= 0.3 is 0 Å². The first-order valence-corrected chi connectivity index (χ1v) is 8.25. The number of carbonyl (C=O) groups excluding carboxylic acids is 1. The fraction of sp³-hybridized carbons (Fsp3) is 0.250. The molecule has 24 heavy (non-hydrogen) atoms. The summed E-state index contributed by atoms with van der Waals surface area (Å²) in [5.41, 5.74) is 3.95. The third kappa shape index (κ3) is 3.00. The zero-order valence-corrected chi connectivity index (χ0v) is 14.0. The molecule has 1 heterocycles. The molecule has 0 saturated heterocycles. The zero-order chi connectivity index (χ0) is 17.1. The van der Waals surface area contributed by atoms with Crippen molar-refractivity contribution in [1.29, 1.82) is 0 Å². The zero-order valence-electron chi connectivity index (χ0n) is 14.0. The van der Waals surface area contributed by atoms with Gasteiger partial charge in [-0.1, -0.05) is 30.3 Å². The molecule has 124 valence electrons. The van der Waals surface area contributed by atoms with Crippen molar-refractivity contribution in [1.82, 2.24) is 9.88 Å². The van der Waals surface area contributed by atoms with Crippen LogP contribution in [0.3, 0.4) is 0 Å². The number of phenolic OH excluding ortho intramolecular Hbond substituents is 1. The van der Waals surface area contributed by atoms with Crippen molar-refractivity contribution in [3.63, 3.8) is 0 Å². The Labute approximate surface area is 141 Å². The van der Waals surface area contributed by atoms with E-state index in [1.165, 1.54) is 0 Å². The maximum absolute atomic E-state index is 12.7. The maximum Gasteiger partial charge on any atom is 0.268 e. The van der Waals surface area contributed by atoms with E-state index in [0.29, 0.717) is 6.54 Å². The van der Waals surface area contributed by atoms with Crippen LogP contribution in [-0.4, -0.2) is 22.1 Å². The van der Waals surface area contributed by atoms with E-state index in [-0.39, 0.29) is 11.7 Å². The number of rotatable bonds is 5. The Bertz CT molecular complexity index is 863. The third-order valence-electron chi connectivity index (χ3n) is 4.39. The first-order chi connectivity index (χ1) is 11.6. The lowest BCUT2D eigenvalue weighted by atomic mass is 10.1. The molecule has 0 bridgehead atoms. The van der Waals surface area contributed by atoms with Crippen LogP contribution >= 0.6 is 0 Å². The highest BCUT2D eigenvalue weighted by molar-refractivity contribution is 6.01. The molecular weight excluding hydrogens is 300 g/mol. The van der Waals surface area contributed by atoms with Crippen molar-refractivity contribution in [2.75, 3.05) is 6.54 Å². The van der Waals surface area contributed by atoms with Gasteiger partial charge < -0.3 is 15.0 Å². The van der Waals surface area contributed by atoms with Gasteiger partial charge in [0, 0.05) is 24.0 Å². The molecule has 4 nitrogen and oxygen atoms in total. The molecule has 1 amide bonds. The lowest BCUT2D eigenvalue weighted by molar-refractivity contribution is 0.0945. The Morgan fingerprint density at radius 3 is 2.54 bits per heavy atom. The van der Waals surface area contributed by atoms with Crippen molar-refractivity contribution < 1.29 is 9.90 Å². The van der Waals surface area contributed by atoms with Gasteiger partial charge in [0.1, 0.15) is 11.4 Å². The molecule has 0 saturated carbocycles. The van der Waals surface area contributed by atoms with Crippen LogP contribution in [0.5, 0.6) is 5.75 Å².